The summed E-state index contributed by atoms with van der Waals surface area (Å²) in [6.45, 7) is 0.381. The van der Waals surface area contributed by atoms with Crippen LogP contribution in [0, 0.1) is 5.82 Å². The molecule has 28 heavy (non-hydrogen) atoms. The van der Waals surface area contributed by atoms with Crippen LogP contribution in [-0.2, 0) is 30.4 Å². The van der Waals surface area contributed by atoms with Crippen molar-refractivity contribution in [1.29, 1.82) is 0 Å². The average molecular weight is 425 g/mol. The fourth-order valence-corrected chi connectivity index (χ4v) is 4.89. The van der Waals surface area contributed by atoms with Crippen LogP contribution in [-0.4, -0.2) is 53.9 Å². The van der Waals surface area contributed by atoms with Crippen LogP contribution in [0.5, 0.6) is 0 Å². The van der Waals surface area contributed by atoms with Gasteiger partial charge in [-0.25, -0.2) is 17.6 Å². The second-order valence-electron chi connectivity index (χ2n) is 6.32. The van der Waals surface area contributed by atoms with E-state index in [9.17, 15) is 45.5 Å². The summed E-state index contributed by atoms with van der Waals surface area (Å²) in [5.41, 5.74) is -1.71. The molecule has 0 spiro atoms. The first-order valence-corrected chi connectivity index (χ1v) is 9.42. The number of benzene rings is 1. The van der Waals surface area contributed by atoms with Gasteiger partial charge in [0.05, 0.1) is 22.1 Å². The van der Waals surface area contributed by atoms with Gasteiger partial charge in [-0.1, -0.05) is 0 Å². The Labute approximate surface area is 156 Å². The van der Waals surface area contributed by atoms with Gasteiger partial charge in [-0.05, 0) is 31.5 Å². The molecular weight excluding hydrogens is 410 g/mol. The average Bonchev–Trinajstić information content (AvgIpc) is 2.99. The van der Waals surface area contributed by atoms with E-state index in [1.54, 1.807) is 0 Å². The molecule has 2 atom stereocenters. The summed E-state index contributed by atoms with van der Waals surface area (Å²) < 4.78 is 78.3. The van der Waals surface area contributed by atoms with E-state index in [4.69, 9.17) is 0 Å². The van der Waals surface area contributed by atoms with Crippen molar-refractivity contribution < 1.29 is 45.5 Å². The molecule has 1 amide bonds. The van der Waals surface area contributed by atoms with E-state index < -0.39 is 80.6 Å². The Hall–Kier alpha value is -2.50. The number of Topliss-reactive ketones (excluding diaryl/α,β-unsaturated/α-hetero) is 1. The number of alkyl halides is 3. The van der Waals surface area contributed by atoms with E-state index in [0.29, 0.717) is 17.0 Å². The lowest BCUT2D eigenvalue weighted by molar-refractivity contribution is -0.149. The second kappa shape index (κ2) is 7.49. The minimum absolute atomic E-state index is 0.0369. The molecule has 1 N–H and O–H groups in total. The van der Waals surface area contributed by atoms with E-state index >= 15 is 0 Å². The summed E-state index contributed by atoms with van der Waals surface area (Å²) in [5, 5.41) is 7.58. The van der Waals surface area contributed by atoms with E-state index in [2.05, 4.69) is 0 Å². The SMILES string of the molecule is CC(=O)CC(=O)N1C[C@H](S(=O)(=O)c2ccc(F)cc2C(F)(F)F)C[C@H]1C(=O)O. The van der Waals surface area contributed by atoms with E-state index in [1.807, 2.05) is 0 Å². The van der Waals surface area contributed by atoms with Gasteiger partial charge in [-0.2, -0.15) is 13.2 Å². The van der Waals surface area contributed by atoms with Crippen molar-refractivity contribution in [2.45, 2.75) is 42.1 Å². The molecule has 1 saturated heterocycles. The van der Waals surface area contributed by atoms with Crippen molar-refractivity contribution >= 4 is 27.5 Å². The Morgan fingerprint density at radius 3 is 2.36 bits per heavy atom. The number of carboxylic acids is 1. The van der Waals surface area contributed by atoms with Crippen LogP contribution in [0.25, 0.3) is 0 Å². The van der Waals surface area contributed by atoms with Crippen LogP contribution < -0.4 is 0 Å². The summed E-state index contributed by atoms with van der Waals surface area (Å²) >= 11 is 0. The molecule has 1 heterocycles. The standard InChI is InChI=1S/C16H15F4NO6S/c1-8(22)4-14(23)21-7-10(6-12(21)15(24)25)28(26,27)13-3-2-9(17)5-11(13)16(18,19)20/h2-3,5,10,12H,4,6-7H2,1H3,(H,24,25)/t10-,12+/m1/s1. The monoisotopic (exact) mass is 425 g/mol. The number of nitrogens with zero attached hydrogens (tertiary/aromatic N) is 1. The van der Waals surface area contributed by atoms with Crippen LogP contribution in [0.2, 0.25) is 0 Å². The molecule has 1 aliphatic heterocycles. The zero-order valence-corrected chi connectivity index (χ0v) is 15.2. The third kappa shape index (κ3) is 4.32. The van der Waals surface area contributed by atoms with Crippen LogP contribution in [0.3, 0.4) is 0 Å². The third-order valence-corrected chi connectivity index (χ3v) is 6.45. The molecule has 7 nitrogen and oxygen atoms in total. The Morgan fingerprint density at radius 1 is 1.25 bits per heavy atom. The van der Waals surface area contributed by atoms with Crippen molar-refractivity contribution in [3.8, 4) is 0 Å². The summed E-state index contributed by atoms with van der Waals surface area (Å²) in [5.74, 6) is -4.37. The van der Waals surface area contributed by atoms with Crippen molar-refractivity contribution in [3.63, 3.8) is 0 Å². The number of halogens is 4. The molecule has 154 valence electrons. The highest BCUT2D eigenvalue weighted by Gasteiger charge is 2.47. The number of likely N-dealkylation sites (tertiary alicyclic amines) is 1. The number of amides is 1. The molecule has 2 rings (SSSR count). The summed E-state index contributed by atoms with van der Waals surface area (Å²) in [6.07, 6.45) is -6.49. The zero-order chi connectivity index (χ0) is 21.4. The number of hydrogen-bond donors (Lipinski definition) is 1. The largest absolute Gasteiger partial charge is 0.480 e. The van der Waals surface area contributed by atoms with Gasteiger partial charge in [0.2, 0.25) is 5.91 Å². The van der Waals surface area contributed by atoms with Gasteiger partial charge in [0.25, 0.3) is 0 Å². The van der Waals surface area contributed by atoms with Gasteiger partial charge in [0.15, 0.2) is 9.84 Å². The molecule has 1 fully saturated rings. The van der Waals surface area contributed by atoms with Gasteiger partial charge in [0, 0.05) is 6.54 Å². The number of rotatable bonds is 5. The van der Waals surface area contributed by atoms with Crippen molar-refractivity contribution in [2.24, 2.45) is 0 Å². The quantitative estimate of drug-likeness (QED) is 0.437. The number of carboxylic acid groups (broad SMARTS) is 1. The first-order valence-electron chi connectivity index (χ1n) is 7.87. The molecule has 0 radical (unpaired) electrons. The molecule has 1 aliphatic rings. The van der Waals surface area contributed by atoms with E-state index in [0.717, 1.165) is 6.92 Å². The van der Waals surface area contributed by atoms with Gasteiger partial charge in [-0.15, -0.1) is 0 Å². The van der Waals surface area contributed by atoms with Crippen LogP contribution in [0.1, 0.15) is 25.3 Å². The summed E-state index contributed by atoms with van der Waals surface area (Å²) in [4.78, 5) is 34.0. The van der Waals surface area contributed by atoms with Crippen LogP contribution in [0.15, 0.2) is 23.1 Å². The Kier molecular flexibility index (Phi) is 5.83. The van der Waals surface area contributed by atoms with Crippen molar-refractivity contribution in [1.82, 2.24) is 4.90 Å². The maximum Gasteiger partial charge on any atom is 0.417 e. The maximum atomic E-state index is 13.2. The van der Waals surface area contributed by atoms with Crippen molar-refractivity contribution in [2.75, 3.05) is 6.54 Å². The Morgan fingerprint density at radius 2 is 1.86 bits per heavy atom. The summed E-state index contributed by atoms with van der Waals surface area (Å²) in [7, 11) is -4.76. The minimum Gasteiger partial charge on any atom is -0.480 e. The van der Waals surface area contributed by atoms with Crippen LogP contribution >= 0.6 is 0 Å². The molecule has 0 saturated carbocycles. The topological polar surface area (TPSA) is 109 Å². The van der Waals surface area contributed by atoms with Crippen LogP contribution in [0.4, 0.5) is 17.6 Å². The molecule has 0 bridgehead atoms. The van der Waals surface area contributed by atoms with Crippen molar-refractivity contribution in [3.05, 3.63) is 29.6 Å². The van der Waals surface area contributed by atoms with Gasteiger partial charge < -0.3 is 10.0 Å². The maximum absolute atomic E-state index is 13.2. The smallest absolute Gasteiger partial charge is 0.417 e. The highest BCUT2D eigenvalue weighted by molar-refractivity contribution is 7.92. The molecule has 1 aromatic rings. The Balaban J connectivity index is 2.46. The first-order chi connectivity index (χ1) is 12.7. The second-order valence-corrected chi connectivity index (χ2v) is 8.52. The number of aliphatic carboxylic acids is 1. The van der Waals surface area contributed by atoms with Gasteiger partial charge >= 0.3 is 12.1 Å². The Bertz CT molecular complexity index is 928. The number of carbonyl (C=O) groups excluding carboxylic acids is 2. The highest BCUT2D eigenvalue weighted by atomic mass is 32.2. The normalized spacial score (nSPS) is 20.2. The molecule has 12 heteroatoms. The number of hydrogen-bond acceptors (Lipinski definition) is 5. The van der Waals surface area contributed by atoms with E-state index in [-0.39, 0.29) is 6.07 Å². The number of sulfone groups is 1. The molecule has 0 aliphatic carbocycles. The van der Waals surface area contributed by atoms with Gasteiger partial charge in [-0.3, -0.25) is 9.59 Å². The lowest BCUT2D eigenvalue weighted by atomic mass is 10.2. The molecule has 0 unspecified atom stereocenters. The predicted octanol–water partition coefficient (Wildman–Crippen LogP) is 1.65. The first kappa shape index (κ1) is 21.8. The molecule has 0 aromatic heterocycles. The predicted molar refractivity (Wildman–Crippen MR) is 85.4 cm³/mol. The fraction of sp³-hybridized carbons (Fsp3) is 0.438. The number of carbonyl (C=O) groups is 3. The third-order valence-electron chi connectivity index (χ3n) is 4.26. The lowest BCUT2D eigenvalue weighted by Gasteiger charge is -2.21. The lowest BCUT2D eigenvalue weighted by Crippen LogP contribution is -2.41. The van der Waals surface area contributed by atoms with Gasteiger partial charge in [0.1, 0.15) is 17.6 Å². The highest BCUT2D eigenvalue weighted by Crippen LogP contribution is 2.38. The summed E-state index contributed by atoms with van der Waals surface area (Å²) in [6, 6.07) is -0.565. The fourth-order valence-electron chi connectivity index (χ4n) is 3.00. The molecular formula is C16H15F4NO6S. The minimum atomic E-state index is -5.17. The number of ketones is 1. The molecule has 1 aromatic carbocycles. The zero-order valence-electron chi connectivity index (χ0n) is 14.4. The van der Waals surface area contributed by atoms with E-state index in [1.165, 1.54) is 0 Å².